The first-order valence-electron chi connectivity index (χ1n) is 5.88. The quantitative estimate of drug-likeness (QED) is 0.787. The van der Waals surface area contributed by atoms with Crippen molar-refractivity contribution in [3.63, 3.8) is 0 Å². The Morgan fingerprint density at radius 3 is 2.55 bits per heavy atom. The minimum atomic E-state index is -0.262. The second-order valence-electron chi connectivity index (χ2n) is 4.03. The molecule has 3 aromatic heterocycles. The van der Waals surface area contributed by atoms with Crippen molar-refractivity contribution in [2.45, 2.75) is 0 Å². The summed E-state index contributed by atoms with van der Waals surface area (Å²) in [6, 6.07) is 5.15. The number of carbonyl (C=O) groups excluding carboxylic acids is 1. The van der Waals surface area contributed by atoms with Crippen molar-refractivity contribution in [3.05, 3.63) is 61.2 Å². The summed E-state index contributed by atoms with van der Waals surface area (Å²) in [5.74, 6) is 0.207. The molecule has 0 saturated carbocycles. The summed E-state index contributed by atoms with van der Waals surface area (Å²) in [5.41, 5.74) is 2.20. The van der Waals surface area contributed by atoms with E-state index in [1.54, 1.807) is 30.7 Å². The number of hydrogen-bond donors (Lipinski definition) is 1. The van der Waals surface area contributed by atoms with Gasteiger partial charge in [-0.15, -0.1) is 0 Å². The van der Waals surface area contributed by atoms with Gasteiger partial charge in [-0.3, -0.25) is 4.79 Å². The second-order valence-corrected chi connectivity index (χ2v) is 4.03. The van der Waals surface area contributed by atoms with Crippen molar-refractivity contribution in [2.75, 3.05) is 5.32 Å². The molecule has 0 aliphatic carbocycles. The maximum Gasteiger partial charge on any atom is 0.260 e. The van der Waals surface area contributed by atoms with Gasteiger partial charge in [-0.2, -0.15) is 0 Å². The molecule has 6 nitrogen and oxygen atoms in total. The Morgan fingerprint density at radius 2 is 1.90 bits per heavy atom. The van der Waals surface area contributed by atoms with Crippen LogP contribution in [-0.2, 0) is 0 Å². The third-order valence-corrected chi connectivity index (χ3v) is 2.68. The van der Waals surface area contributed by atoms with Crippen LogP contribution in [0.3, 0.4) is 0 Å². The predicted molar refractivity (Wildman–Crippen MR) is 71.9 cm³/mol. The number of furan rings is 1. The van der Waals surface area contributed by atoms with E-state index in [1.807, 2.05) is 6.07 Å². The van der Waals surface area contributed by atoms with Crippen molar-refractivity contribution >= 4 is 11.7 Å². The maximum atomic E-state index is 11.8. The Bertz CT molecular complexity index is 694. The lowest BCUT2D eigenvalue weighted by Crippen LogP contribution is -2.11. The number of nitrogens with zero attached hydrogens (tertiary/aromatic N) is 3. The smallest absolute Gasteiger partial charge is 0.260 e. The van der Waals surface area contributed by atoms with Gasteiger partial charge in [0.2, 0.25) is 0 Å². The van der Waals surface area contributed by atoms with Gasteiger partial charge in [-0.1, -0.05) is 0 Å². The summed E-state index contributed by atoms with van der Waals surface area (Å²) in [6.07, 6.45) is 9.35. The molecule has 3 heterocycles. The van der Waals surface area contributed by atoms with E-state index in [2.05, 4.69) is 20.3 Å². The Labute approximate surface area is 114 Å². The van der Waals surface area contributed by atoms with E-state index in [9.17, 15) is 4.79 Å². The van der Waals surface area contributed by atoms with Gasteiger partial charge in [-0.25, -0.2) is 15.0 Å². The highest BCUT2D eigenvalue weighted by Crippen LogP contribution is 2.17. The largest absolute Gasteiger partial charge is 0.472 e. The van der Waals surface area contributed by atoms with Crippen LogP contribution in [0, 0.1) is 0 Å². The van der Waals surface area contributed by atoms with E-state index in [1.165, 1.54) is 18.9 Å². The normalized spacial score (nSPS) is 10.2. The first-order chi connectivity index (χ1) is 9.83. The fourth-order valence-electron chi connectivity index (χ4n) is 1.67. The number of anilines is 1. The van der Waals surface area contributed by atoms with Crippen molar-refractivity contribution < 1.29 is 9.21 Å². The molecule has 3 aromatic rings. The molecule has 6 heteroatoms. The second kappa shape index (κ2) is 5.31. The summed E-state index contributed by atoms with van der Waals surface area (Å²) < 4.78 is 4.86. The molecule has 1 N–H and O–H groups in total. The first-order valence-corrected chi connectivity index (χ1v) is 5.88. The summed E-state index contributed by atoms with van der Waals surface area (Å²) in [5, 5.41) is 2.68. The molecule has 0 aliphatic rings. The van der Waals surface area contributed by atoms with E-state index in [0.29, 0.717) is 11.4 Å². The van der Waals surface area contributed by atoms with Crippen molar-refractivity contribution in [2.24, 2.45) is 0 Å². The zero-order valence-electron chi connectivity index (χ0n) is 10.4. The summed E-state index contributed by atoms with van der Waals surface area (Å²) >= 11 is 0. The minimum absolute atomic E-state index is 0.262. The molecule has 98 valence electrons. The number of nitrogens with one attached hydrogen (secondary N) is 1. The highest BCUT2D eigenvalue weighted by molar-refractivity contribution is 6.03. The molecule has 0 unspecified atom stereocenters. The Hall–Kier alpha value is -3.02. The van der Waals surface area contributed by atoms with Gasteiger partial charge in [0, 0.05) is 29.7 Å². The lowest BCUT2D eigenvalue weighted by atomic mass is 10.1. The molecule has 0 saturated heterocycles. The highest BCUT2D eigenvalue weighted by atomic mass is 16.3. The van der Waals surface area contributed by atoms with Crippen LogP contribution in [0.4, 0.5) is 5.82 Å². The highest BCUT2D eigenvalue weighted by Gasteiger charge is 2.08. The Kier molecular flexibility index (Phi) is 3.20. The van der Waals surface area contributed by atoms with Gasteiger partial charge >= 0.3 is 0 Å². The SMILES string of the molecule is O=C(Nc1ccc(-c2cncnc2)cn1)c1ccoc1. The summed E-state index contributed by atoms with van der Waals surface area (Å²) in [6.45, 7) is 0. The van der Waals surface area contributed by atoms with E-state index in [-0.39, 0.29) is 5.91 Å². The molecule has 3 rings (SSSR count). The fraction of sp³-hybridized carbons (Fsp3) is 0. The van der Waals surface area contributed by atoms with Crippen LogP contribution in [0.1, 0.15) is 10.4 Å². The molecule has 0 aliphatic heterocycles. The molecule has 0 bridgehead atoms. The number of amides is 1. The van der Waals surface area contributed by atoms with Crippen LogP contribution >= 0.6 is 0 Å². The third kappa shape index (κ3) is 2.54. The molecule has 0 aromatic carbocycles. The topological polar surface area (TPSA) is 80.9 Å². The first kappa shape index (κ1) is 12.0. The maximum absolute atomic E-state index is 11.8. The van der Waals surface area contributed by atoms with Gasteiger partial charge in [0.05, 0.1) is 11.8 Å². The fourth-order valence-corrected chi connectivity index (χ4v) is 1.67. The van der Waals surface area contributed by atoms with Gasteiger partial charge in [-0.05, 0) is 18.2 Å². The van der Waals surface area contributed by atoms with Crippen LogP contribution in [0.25, 0.3) is 11.1 Å². The lowest BCUT2D eigenvalue weighted by Gasteiger charge is -2.04. The molecular formula is C14H10N4O2. The standard InChI is InChI=1S/C14H10N4O2/c19-14(11-3-4-20-8-11)18-13-2-1-10(7-17-13)12-5-15-9-16-6-12/h1-9H,(H,17,18,19). The van der Waals surface area contributed by atoms with Crippen LogP contribution in [-0.4, -0.2) is 20.9 Å². The Balaban J connectivity index is 1.75. The molecule has 1 amide bonds. The van der Waals surface area contributed by atoms with Crippen molar-refractivity contribution in [1.29, 1.82) is 0 Å². The monoisotopic (exact) mass is 266 g/mol. The number of rotatable bonds is 3. The number of carbonyl (C=O) groups is 1. The molecule has 0 fully saturated rings. The minimum Gasteiger partial charge on any atom is -0.472 e. The van der Waals surface area contributed by atoms with Crippen LogP contribution < -0.4 is 5.32 Å². The van der Waals surface area contributed by atoms with E-state index in [4.69, 9.17) is 4.42 Å². The zero-order valence-corrected chi connectivity index (χ0v) is 10.4. The van der Waals surface area contributed by atoms with E-state index >= 15 is 0 Å². The van der Waals surface area contributed by atoms with E-state index < -0.39 is 0 Å². The molecule has 0 spiro atoms. The van der Waals surface area contributed by atoms with Gasteiger partial charge in [0.25, 0.3) is 5.91 Å². The predicted octanol–water partition coefficient (Wildman–Crippen LogP) is 2.38. The van der Waals surface area contributed by atoms with Crippen LogP contribution in [0.5, 0.6) is 0 Å². The van der Waals surface area contributed by atoms with E-state index in [0.717, 1.165) is 11.1 Å². The molecule has 0 radical (unpaired) electrons. The number of pyridine rings is 1. The number of hydrogen-bond acceptors (Lipinski definition) is 5. The summed E-state index contributed by atoms with van der Waals surface area (Å²) in [7, 11) is 0. The number of aromatic nitrogens is 3. The average Bonchev–Trinajstić information content (AvgIpc) is 3.03. The average molecular weight is 266 g/mol. The Morgan fingerprint density at radius 1 is 1.05 bits per heavy atom. The molecular weight excluding hydrogens is 256 g/mol. The van der Waals surface area contributed by atoms with Crippen LogP contribution in [0.15, 0.2) is 60.1 Å². The third-order valence-electron chi connectivity index (χ3n) is 2.68. The van der Waals surface area contributed by atoms with Gasteiger partial charge in [0.1, 0.15) is 18.4 Å². The van der Waals surface area contributed by atoms with Gasteiger partial charge in [0.15, 0.2) is 0 Å². The zero-order chi connectivity index (χ0) is 13.8. The van der Waals surface area contributed by atoms with Gasteiger partial charge < -0.3 is 9.73 Å². The molecule has 20 heavy (non-hydrogen) atoms. The van der Waals surface area contributed by atoms with Crippen molar-refractivity contribution in [1.82, 2.24) is 15.0 Å². The van der Waals surface area contributed by atoms with Crippen LogP contribution in [0.2, 0.25) is 0 Å². The van der Waals surface area contributed by atoms with Crippen molar-refractivity contribution in [3.8, 4) is 11.1 Å². The molecule has 0 atom stereocenters. The lowest BCUT2D eigenvalue weighted by molar-refractivity contribution is 0.102. The summed E-state index contributed by atoms with van der Waals surface area (Å²) in [4.78, 5) is 23.9.